The monoisotopic (exact) mass is 1250 g/mol. The van der Waals surface area contributed by atoms with Crippen LogP contribution in [0.3, 0.4) is 0 Å². The van der Waals surface area contributed by atoms with Crippen molar-refractivity contribution in [3.05, 3.63) is 129 Å². The van der Waals surface area contributed by atoms with Gasteiger partial charge in [0.1, 0.15) is 40.0 Å². The van der Waals surface area contributed by atoms with Gasteiger partial charge in [-0.3, -0.25) is 23.6 Å². The summed E-state index contributed by atoms with van der Waals surface area (Å²) in [5, 5.41) is 20.9. The van der Waals surface area contributed by atoms with Gasteiger partial charge in [-0.1, -0.05) is 35.3 Å². The molecule has 8 rings (SSSR count). The van der Waals surface area contributed by atoms with Crippen LogP contribution in [-0.2, 0) is 42.6 Å². The number of carbonyl (C=O) groups excluding carboxylic acids is 1. The molecule has 0 atom stereocenters. The number of hydrazone groups is 2. The number of anilines is 2. The maximum atomic E-state index is 14.9. The number of aromatic nitrogens is 4. The summed E-state index contributed by atoms with van der Waals surface area (Å²) in [5.74, 6) is -4.00. The number of carboxylic acid groups (broad SMARTS) is 1. The molecule has 0 radical (unpaired) electrons. The van der Waals surface area contributed by atoms with Crippen molar-refractivity contribution in [2.45, 2.75) is 37.0 Å². The highest BCUT2D eigenvalue weighted by molar-refractivity contribution is 7.90. The summed E-state index contributed by atoms with van der Waals surface area (Å²) in [6.07, 6.45) is -3.53. The first kappa shape index (κ1) is 63.6. The van der Waals surface area contributed by atoms with Crippen molar-refractivity contribution >= 4 is 102 Å². The van der Waals surface area contributed by atoms with Gasteiger partial charge < -0.3 is 25.6 Å². The Kier molecular flexibility index (Phi) is 19.9. The van der Waals surface area contributed by atoms with Gasteiger partial charge in [0, 0.05) is 25.5 Å². The van der Waals surface area contributed by atoms with Gasteiger partial charge in [-0.25, -0.2) is 49.7 Å². The number of nitrogens with two attached hydrogens (primary N) is 1. The number of imidazole rings is 2. The van der Waals surface area contributed by atoms with E-state index < -0.39 is 122 Å². The lowest BCUT2D eigenvalue weighted by Gasteiger charge is -2.32. The molecular formula is C42H37Cl3F12N12O9S2. The summed E-state index contributed by atoms with van der Waals surface area (Å²) in [7, 11) is -9.56. The largest absolute Gasteiger partial charge is 0.516 e. The van der Waals surface area contributed by atoms with E-state index in [4.69, 9.17) is 34.0 Å². The number of carbonyl (C=O) groups is 2. The molecule has 4 aromatic heterocycles. The van der Waals surface area contributed by atoms with E-state index in [1.54, 1.807) is 0 Å². The fraction of sp³-hybridized carbons (Fsp3) is 0.286. The van der Waals surface area contributed by atoms with Gasteiger partial charge in [0.25, 0.3) is 18.8 Å². The minimum absolute atomic E-state index is 0. The number of rotatable bonds is 11. The van der Waals surface area contributed by atoms with Crippen LogP contribution in [0.1, 0.15) is 56.3 Å². The molecule has 0 fully saturated rings. The zero-order valence-corrected chi connectivity index (χ0v) is 44.1. The number of fused-ring (bicyclic) bond motifs is 2. The number of aromatic carboxylic acids is 1. The molecular weight excluding hydrogens is 1220 g/mol. The topological polar surface area (TPSA) is 251 Å². The Morgan fingerprint density at radius 1 is 0.675 bits per heavy atom. The van der Waals surface area contributed by atoms with E-state index in [1.165, 1.54) is 60.9 Å². The maximum absolute atomic E-state index is 14.9. The summed E-state index contributed by atoms with van der Waals surface area (Å²) in [6.45, 7) is -2.25. The van der Waals surface area contributed by atoms with Gasteiger partial charge >= 0.3 is 49.1 Å². The summed E-state index contributed by atoms with van der Waals surface area (Å²) < 4.78 is 216. The average molecular weight is 1250 g/mol. The van der Waals surface area contributed by atoms with Gasteiger partial charge in [0.15, 0.2) is 5.69 Å². The zero-order chi connectivity index (χ0) is 58.7. The fourth-order valence-corrected chi connectivity index (χ4v) is 9.24. The molecule has 0 saturated heterocycles. The Morgan fingerprint density at radius 3 is 1.45 bits per heavy atom. The number of amidine groups is 2. The third kappa shape index (κ3) is 13.5. The highest BCUT2D eigenvalue weighted by atomic mass is 35.5. The third-order valence-electron chi connectivity index (χ3n) is 10.7. The van der Waals surface area contributed by atoms with Crippen LogP contribution < -0.4 is 21.1 Å². The van der Waals surface area contributed by atoms with E-state index >= 15 is 0 Å². The van der Waals surface area contributed by atoms with E-state index in [0.29, 0.717) is 5.56 Å². The van der Waals surface area contributed by atoms with Gasteiger partial charge in [-0.15, -0.1) is 22.6 Å². The maximum Gasteiger partial charge on any atom is 0.516 e. The molecule has 2 aliphatic rings. The number of hydrogen-bond donors (Lipinski definition) is 3. The second-order valence-corrected chi connectivity index (χ2v) is 20.3. The molecule has 38 heteroatoms. The molecule has 2 aliphatic heterocycles. The van der Waals surface area contributed by atoms with Crippen molar-refractivity contribution in [1.82, 2.24) is 32.7 Å². The van der Waals surface area contributed by atoms with E-state index in [0.717, 1.165) is 45.2 Å². The number of halogens is 15. The van der Waals surface area contributed by atoms with Crippen LogP contribution in [-0.4, -0.2) is 125 Å². The number of pyridine rings is 2. The number of hydrogen-bond acceptors (Lipinski definition) is 15. The van der Waals surface area contributed by atoms with E-state index in [2.05, 4.69) is 35.0 Å². The molecule has 6 heterocycles. The zero-order valence-electron chi connectivity index (χ0n) is 40.1. The standard InChI is InChI=1S/C21H17ClF6N6O4S.C12H14F4N4O3S.C9H5ClF2N2O2.ClH/c1-38-20-31-33(6-7-34(20)39(36,37)21(26,27)28)14-4-2-11(8-13(14)23)9-29-19(35)17-16(18(24)25)30-15-5-3-12(22)10-32(15)17;1-23-11-18-19(10-3-2-8(7-17)6-9(10)13)4-5-20(11)24(21,22)12(14,15)16;10-4-1-2-5-13-6(8(11)12)7(9(15)16)14(5)3-4;/h2-5,8,10,18H,6-7,9H2,1H3,(H,29,35);2-3,6H,4-5,7,17H2,1H3;1-3,8H,(H,15,16);1H. The molecule has 4 N–H and O–H groups in total. The normalized spacial score (nSPS) is 14.2. The van der Waals surface area contributed by atoms with E-state index in [1.807, 2.05) is 0 Å². The Morgan fingerprint density at radius 2 is 1.07 bits per heavy atom. The SMILES string of the molecule is COC1=NN(c2ccc(CN)cc2F)CCN1S(=O)(=O)C(F)(F)F.COC1=NN(c2ccc(CNC(=O)c3c(C(F)F)nc4ccc(Cl)cn34)cc2F)CCN1S(=O)(=O)C(F)(F)F.Cl.O=C(O)c1c(C(F)F)nc2ccc(Cl)cn12. The molecule has 0 bridgehead atoms. The van der Waals surface area contributed by atoms with Crippen molar-refractivity contribution in [2.75, 3.05) is 50.4 Å². The Balaban J connectivity index is 0.000000243. The number of methoxy groups -OCH3 is 2. The van der Waals surface area contributed by atoms with Gasteiger partial charge in [-0.2, -0.15) is 43.2 Å². The lowest BCUT2D eigenvalue weighted by molar-refractivity contribution is -0.0482. The first-order valence-electron chi connectivity index (χ1n) is 21.5. The minimum atomic E-state index is -5.79. The molecule has 0 unspecified atom stereocenters. The molecule has 0 spiro atoms. The molecule has 1 amide bonds. The second kappa shape index (κ2) is 25.1. The first-order valence-corrected chi connectivity index (χ1v) is 25.2. The number of ether oxygens (including phenoxy) is 2. The average Bonchev–Trinajstić information content (AvgIpc) is 3.99. The van der Waals surface area contributed by atoms with Crippen LogP contribution in [0, 0.1) is 11.6 Å². The molecule has 21 nitrogen and oxygen atoms in total. The van der Waals surface area contributed by atoms with Gasteiger partial charge in [0.2, 0.25) is 0 Å². The Hall–Kier alpha value is -7.21. The van der Waals surface area contributed by atoms with Gasteiger partial charge in [-0.05, 0) is 59.7 Å². The Labute approximate surface area is 458 Å². The number of sulfonamides is 2. The number of nitrogens with one attached hydrogen (secondary N) is 1. The van der Waals surface area contributed by atoms with Crippen molar-refractivity contribution in [1.29, 1.82) is 0 Å². The number of alkyl halides is 10. The minimum Gasteiger partial charge on any atom is -0.476 e. The molecule has 0 saturated carbocycles. The molecule has 2 aromatic carbocycles. The quantitative estimate of drug-likeness (QED) is 0.104. The highest BCUT2D eigenvalue weighted by Crippen LogP contribution is 2.33. The lowest BCUT2D eigenvalue weighted by Crippen LogP contribution is -2.51. The predicted molar refractivity (Wildman–Crippen MR) is 263 cm³/mol. The fourth-order valence-electron chi connectivity index (χ4n) is 7.14. The lowest BCUT2D eigenvalue weighted by atomic mass is 10.2. The second-order valence-electron chi connectivity index (χ2n) is 15.7. The summed E-state index contributed by atoms with van der Waals surface area (Å²) in [4.78, 5) is 30.9. The number of carboxylic acids is 1. The van der Waals surface area contributed by atoms with E-state index in [-0.39, 0.29) is 78.9 Å². The van der Waals surface area contributed by atoms with Crippen LogP contribution in [0.5, 0.6) is 0 Å². The van der Waals surface area contributed by atoms with Crippen LogP contribution >= 0.6 is 35.6 Å². The summed E-state index contributed by atoms with van der Waals surface area (Å²) in [5.41, 5.74) is -7.60. The predicted octanol–water partition coefficient (Wildman–Crippen LogP) is 8.10. The van der Waals surface area contributed by atoms with Crippen molar-refractivity contribution in [3.63, 3.8) is 0 Å². The van der Waals surface area contributed by atoms with Crippen molar-refractivity contribution < 1.29 is 93.7 Å². The summed E-state index contributed by atoms with van der Waals surface area (Å²) >= 11 is 11.6. The molecule has 80 heavy (non-hydrogen) atoms. The number of benzene rings is 2. The van der Waals surface area contributed by atoms with Crippen LogP contribution in [0.15, 0.2) is 83.3 Å². The van der Waals surface area contributed by atoms with Crippen molar-refractivity contribution in [3.8, 4) is 0 Å². The van der Waals surface area contributed by atoms with Gasteiger partial charge in [0.05, 0.1) is 61.8 Å². The number of amides is 1. The first-order chi connectivity index (χ1) is 36.9. The van der Waals surface area contributed by atoms with Crippen LogP contribution in [0.2, 0.25) is 10.0 Å². The number of nitrogens with zero attached hydrogens (tertiary/aromatic N) is 10. The molecule has 436 valence electrons. The Bertz CT molecular complexity index is 3580. The molecule has 0 aliphatic carbocycles. The smallest absolute Gasteiger partial charge is 0.476 e. The van der Waals surface area contributed by atoms with E-state index in [9.17, 15) is 79.1 Å². The van der Waals surface area contributed by atoms with Crippen LogP contribution in [0.4, 0.5) is 64.1 Å². The highest BCUT2D eigenvalue weighted by Gasteiger charge is 2.54. The third-order valence-corrected chi connectivity index (χ3v) is 14.2. The molecule has 6 aromatic rings. The van der Waals surface area contributed by atoms with Crippen molar-refractivity contribution in [2.24, 2.45) is 15.9 Å². The summed E-state index contributed by atoms with van der Waals surface area (Å²) in [6, 6.07) is 11.4. The van der Waals surface area contributed by atoms with Crippen LogP contribution in [0.25, 0.3) is 11.3 Å².